The van der Waals surface area contributed by atoms with E-state index in [-0.39, 0.29) is 0 Å². The van der Waals surface area contributed by atoms with E-state index in [1.807, 2.05) is 19.3 Å². The van der Waals surface area contributed by atoms with Crippen molar-refractivity contribution in [2.75, 3.05) is 11.9 Å². The van der Waals surface area contributed by atoms with Gasteiger partial charge in [-0.25, -0.2) is 9.50 Å². The standard InChI is InChI=1S/C12H14N4O/c1-7-5-13-16-6-10-12(14-11(7)16)15(2)8-3-4-9(8)17-10/h5-6,8-9H,3-4H2,1-2H3/t8-,9+/m0/s1. The van der Waals surface area contributed by atoms with Crippen LogP contribution in [0, 0.1) is 6.92 Å². The Balaban J connectivity index is 1.95. The summed E-state index contributed by atoms with van der Waals surface area (Å²) in [5.74, 6) is 1.80. The Bertz CT molecular complexity index is 606. The van der Waals surface area contributed by atoms with Crippen molar-refractivity contribution >= 4 is 11.5 Å². The average Bonchev–Trinajstić information content (AvgIpc) is 2.63. The van der Waals surface area contributed by atoms with Crippen LogP contribution < -0.4 is 9.64 Å². The molecule has 0 bridgehead atoms. The molecular weight excluding hydrogens is 216 g/mol. The SMILES string of the molecule is Cc1cnn2cc3c(nc12)N(C)[C@H]1CC[C@H]1O3. The predicted molar refractivity (Wildman–Crippen MR) is 63.6 cm³/mol. The summed E-state index contributed by atoms with van der Waals surface area (Å²) in [6.45, 7) is 2.03. The highest BCUT2D eigenvalue weighted by molar-refractivity contribution is 5.61. The van der Waals surface area contributed by atoms with Crippen LogP contribution in [0.2, 0.25) is 0 Å². The molecule has 2 atom stereocenters. The summed E-state index contributed by atoms with van der Waals surface area (Å²) < 4.78 is 7.75. The van der Waals surface area contributed by atoms with Gasteiger partial charge in [0.15, 0.2) is 17.2 Å². The van der Waals surface area contributed by atoms with Crippen LogP contribution in [-0.2, 0) is 0 Å². The van der Waals surface area contributed by atoms with E-state index in [4.69, 9.17) is 4.74 Å². The predicted octanol–water partition coefficient (Wildman–Crippen LogP) is 1.40. The van der Waals surface area contributed by atoms with Gasteiger partial charge in [0.25, 0.3) is 0 Å². The first-order valence-corrected chi connectivity index (χ1v) is 5.98. The van der Waals surface area contributed by atoms with Crippen LogP contribution >= 0.6 is 0 Å². The van der Waals surface area contributed by atoms with Gasteiger partial charge in [-0.15, -0.1) is 0 Å². The van der Waals surface area contributed by atoms with Crippen LogP contribution in [0.5, 0.6) is 5.75 Å². The number of anilines is 1. The largest absolute Gasteiger partial charge is 0.483 e. The Kier molecular flexibility index (Phi) is 1.59. The Morgan fingerprint density at radius 1 is 1.41 bits per heavy atom. The minimum absolute atomic E-state index is 0.336. The van der Waals surface area contributed by atoms with Crippen molar-refractivity contribution in [1.29, 1.82) is 0 Å². The van der Waals surface area contributed by atoms with E-state index in [2.05, 4.69) is 22.0 Å². The Labute approximate surface area is 99.0 Å². The van der Waals surface area contributed by atoms with Crippen molar-refractivity contribution in [3.63, 3.8) is 0 Å². The van der Waals surface area contributed by atoms with Crippen molar-refractivity contribution in [3.8, 4) is 5.75 Å². The second kappa shape index (κ2) is 2.91. The van der Waals surface area contributed by atoms with Gasteiger partial charge in [-0.3, -0.25) is 0 Å². The van der Waals surface area contributed by atoms with Crippen LogP contribution in [0.25, 0.3) is 5.65 Å². The first kappa shape index (κ1) is 9.27. The van der Waals surface area contributed by atoms with Gasteiger partial charge in [-0.2, -0.15) is 5.10 Å². The Hall–Kier alpha value is -1.78. The molecule has 1 aliphatic carbocycles. The molecule has 0 radical (unpaired) electrons. The monoisotopic (exact) mass is 230 g/mol. The Morgan fingerprint density at radius 3 is 3.06 bits per heavy atom. The van der Waals surface area contributed by atoms with Gasteiger partial charge in [0.05, 0.1) is 18.4 Å². The van der Waals surface area contributed by atoms with Crippen molar-refractivity contribution in [2.24, 2.45) is 0 Å². The molecule has 88 valence electrons. The number of likely N-dealkylation sites (N-methyl/N-ethyl adjacent to an activating group) is 1. The maximum absolute atomic E-state index is 5.95. The van der Waals surface area contributed by atoms with Crippen LogP contribution in [0.4, 0.5) is 5.82 Å². The first-order chi connectivity index (χ1) is 8.24. The number of aromatic nitrogens is 3. The van der Waals surface area contributed by atoms with E-state index in [0.717, 1.165) is 29.2 Å². The molecule has 5 heteroatoms. The maximum Gasteiger partial charge on any atom is 0.180 e. The van der Waals surface area contributed by atoms with Gasteiger partial charge in [-0.05, 0) is 19.8 Å². The molecule has 0 spiro atoms. The lowest BCUT2D eigenvalue weighted by atomic mass is 9.86. The van der Waals surface area contributed by atoms with E-state index in [1.54, 1.807) is 4.52 Å². The number of rotatable bonds is 0. The molecular formula is C12H14N4O. The summed E-state index contributed by atoms with van der Waals surface area (Å²) in [6, 6.07) is 0.501. The van der Waals surface area contributed by atoms with Crippen molar-refractivity contribution in [1.82, 2.24) is 14.6 Å². The molecule has 2 aromatic rings. The van der Waals surface area contributed by atoms with Crippen molar-refractivity contribution in [2.45, 2.75) is 31.9 Å². The summed E-state index contributed by atoms with van der Waals surface area (Å²) in [6.07, 6.45) is 6.46. The topological polar surface area (TPSA) is 42.7 Å². The van der Waals surface area contributed by atoms with Crippen LogP contribution in [0.3, 0.4) is 0 Å². The number of hydrogen-bond acceptors (Lipinski definition) is 4. The number of fused-ring (bicyclic) bond motifs is 3. The van der Waals surface area contributed by atoms with Crippen molar-refractivity contribution < 1.29 is 4.74 Å². The van der Waals surface area contributed by atoms with E-state index in [9.17, 15) is 0 Å². The fourth-order valence-electron chi connectivity index (χ4n) is 2.69. The number of ether oxygens (including phenoxy) is 1. The van der Waals surface area contributed by atoms with E-state index < -0.39 is 0 Å². The molecule has 1 fully saturated rings. The fraction of sp³-hybridized carbons (Fsp3) is 0.500. The molecule has 0 unspecified atom stereocenters. The zero-order valence-electron chi connectivity index (χ0n) is 9.92. The molecule has 0 aromatic carbocycles. The Morgan fingerprint density at radius 2 is 2.29 bits per heavy atom. The lowest BCUT2D eigenvalue weighted by molar-refractivity contribution is 0.0758. The second-order valence-electron chi connectivity index (χ2n) is 4.94. The van der Waals surface area contributed by atoms with Gasteiger partial charge in [0.2, 0.25) is 0 Å². The number of hydrogen-bond donors (Lipinski definition) is 0. The molecule has 1 aliphatic heterocycles. The van der Waals surface area contributed by atoms with Gasteiger partial charge < -0.3 is 9.64 Å². The smallest absolute Gasteiger partial charge is 0.180 e. The molecule has 0 amide bonds. The second-order valence-corrected chi connectivity index (χ2v) is 4.94. The third-order valence-electron chi connectivity index (χ3n) is 3.90. The molecule has 0 N–H and O–H groups in total. The van der Waals surface area contributed by atoms with E-state index >= 15 is 0 Å². The van der Waals surface area contributed by atoms with E-state index in [1.165, 1.54) is 6.42 Å². The van der Waals surface area contributed by atoms with Crippen LogP contribution in [0.15, 0.2) is 12.4 Å². The summed E-state index contributed by atoms with van der Waals surface area (Å²) in [7, 11) is 2.10. The average molecular weight is 230 g/mol. The zero-order valence-corrected chi connectivity index (χ0v) is 9.92. The molecule has 5 nitrogen and oxygen atoms in total. The molecule has 4 rings (SSSR count). The minimum Gasteiger partial charge on any atom is -0.483 e. The van der Waals surface area contributed by atoms with Crippen molar-refractivity contribution in [3.05, 3.63) is 18.0 Å². The highest BCUT2D eigenvalue weighted by Gasteiger charge is 2.41. The molecule has 1 saturated carbocycles. The summed E-state index contributed by atoms with van der Waals surface area (Å²) >= 11 is 0. The lowest BCUT2D eigenvalue weighted by Gasteiger charge is -2.46. The molecule has 0 saturated heterocycles. The summed E-state index contributed by atoms with van der Waals surface area (Å²) in [5.41, 5.74) is 2.01. The molecule has 2 aliphatic rings. The van der Waals surface area contributed by atoms with Crippen LogP contribution in [-0.4, -0.2) is 33.8 Å². The quantitative estimate of drug-likeness (QED) is 0.686. The van der Waals surface area contributed by atoms with Gasteiger partial charge in [0, 0.05) is 12.6 Å². The van der Waals surface area contributed by atoms with E-state index in [0.29, 0.717) is 12.1 Å². The normalized spacial score (nSPS) is 26.1. The van der Waals surface area contributed by atoms with Crippen LogP contribution in [0.1, 0.15) is 18.4 Å². The summed E-state index contributed by atoms with van der Waals surface area (Å²) in [5, 5.41) is 4.27. The highest BCUT2D eigenvalue weighted by Crippen LogP contribution is 2.41. The minimum atomic E-state index is 0.336. The number of nitrogens with zero attached hydrogens (tertiary/aromatic N) is 4. The van der Waals surface area contributed by atoms with Gasteiger partial charge >= 0.3 is 0 Å². The molecule has 3 heterocycles. The third-order valence-corrected chi connectivity index (χ3v) is 3.90. The number of aryl methyl sites for hydroxylation is 1. The maximum atomic E-state index is 5.95. The third kappa shape index (κ3) is 1.09. The fourth-order valence-corrected chi connectivity index (χ4v) is 2.69. The van der Waals surface area contributed by atoms with Gasteiger partial charge in [0.1, 0.15) is 6.10 Å². The van der Waals surface area contributed by atoms with Gasteiger partial charge in [-0.1, -0.05) is 0 Å². The molecule has 2 aromatic heterocycles. The zero-order chi connectivity index (χ0) is 11.6. The molecule has 17 heavy (non-hydrogen) atoms. The highest BCUT2D eigenvalue weighted by atomic mass is 16.5. The summed E-state index contributed by atoms with van der Waals surface area (Å²) in [4.78, 5) is 6.93. The lowest BCUT2D eigenvalue weighted by Crippen LogP contribution is -2.55. The first-order valence-electron chi connectivity index (χ1n) is 5.98.